The van der Waals surface area contributed by atoms with Crippen LogP contribution in [0.2, 0.25) is 0 Å². The van der Waals surface area contributed by atoms with Crippen molar-refractivity contribution >= 4 is 11.8 Å². The van der Waals surface area contributed by atoms with Crippen LogP contribution >= 0.6 is 0 Å². The standard InChI is InChI=1S/C13H20N2O2/c1-9(13(2,3)4)8-15-11-7-10(12(16)17)5-6-14-11/h5-7,9H,8H2,1-4H3,(H,14,15)(H,16,17). The summed E-state index contributed by atoms with van der Waals surface area (Å²) in [5.74, 6) is 0.151. The Balaban J connectivity index is 2.64. The minimum atomic E-state index is -0.931. The van der Waals surface area contributed by atoms with Crippen molar-refractivity contribution < 1.29 is 9.90 Å². The van der Waals surface area contributed by atoms with E-state index in [9.17, 15) is 4.79 Å². The quantitative estimate of drug-likeness (QED) is 0.843. The zero-order valence-corrected chi connectivity index (χ0v) is 10.8. The zero-order chi connectivity index (χ0) is 13.1. The van der Waals surface area contributed by atoms with E-state index in [2.05, 4.69) is 38.0 Å². The van der Waals surface area contributed by atoms with Crippen molar-refractivity contribution in [3.8, 4) is 0 Å². The van der Waals surface area contributed by atoms with Crippen molar-refractivity contribution in [2.45, 2.75) is 27.7 Å². The minimum absolute atomic E-state index is 0.220. The van der Waals surface area contributed by atoms with Crippen LogP contribution in [0.25, 0.3) is 0 Å². The number of anilines is 1. The summed E-state index contributed by atoms with van der Waals surface area (Å²) < 4.78 is 0. The van der Waals surface area contributed by atoms with Gasteiger partial charge in [0.1, 0.15) is 5.82 Å². The van der Waals surface area contributed by atoms with Gasteiger partial charge in [-0.05, 0) is 23.5 Å². The average molecular weight is 236 g/mol. The summed E-state index contributed by atoms with van der Waals surface area (Å²) in [5, 5.41) is 12.0. The number of aromatic carboxylic acids is 1. The van der Waals surface area contributed by atoms with Gasteiger partial charge < -0.3 is 10.4 Å². The predicted octanol–water partition coefficient (Wildman–Crippen LogP) is 2.87. The monoisotopic (exact) mass is 236 g/mol. The molecule has 0 fully saturated rings. The number of hydrogen-bond acceptors (Lipinski definition) is 3. The van der Waals surface area contributed by atoms with Crippen LogP contribution in [0.15, 0.2) is 18.3 Å². The van der Waals surface area contributed by atoms with Crippen LogP contribution in [0.3, 0.4) is 0 Å². The Kier molecular flexibility index (Phi) is 4.10. The zero-order valence-electron chi connectivity index (χ0n) is 10.8. The normalized spacial score (nSPS) is 13.2. The van der Waals surface area contributed by atoms with Crippen molar-refractivity contribution in [3.63, 3.8) is 0 Å². The third kappa shape index (κ3) is 4.06. The fraction of sp³-hybridized carbons (Fsp3) is 0.538. The Hall–Kier alpha value is -1.58. The topological polar surface area (TPSA) is 62.2 Å². The molecule has 1 unspecified atom stereocenters. The van der Waals surface area contributed by atoms with Crippen LogP contribution in [-0.2, 0) is 0 Å². The molecule has 0 aliphatic heterocycles. The van der Waals surface area contributed by atoms with E-state index < -0.39 is 5.97 Å². The van der Waals surface area contributed by atoms with Crippen LogP contribution in [-0.4, -0.2) is 22.6 Å². The van der Waals surface area contributed by atoms with Crippen molar-refractivity contribution in [3.05, 3.63) is 23.9 Å². The van der Waals surface area contributed by atoms with Gasteiger partial charge in [-0.1, -0.05) is 27.7 Å². The second-order valence-corrected chi connectivity index (χ2v) is 5.38. The van der Waals surface area contributed by atoms with Gasteiger partial charge in [0.15, 0.2) is 0 Å². The average Bonchev–Trinajstić information content (AvgIpc) is 2.25. The van der Waals surface area contributed by atoms with E-state index in [1.54, 1.807) is 6.07 Å². The second kappa shape index (κ2) is 5.17. The van der Waals surface area contributed by atoms with E-state index in [1.165, 1.54) is 12.3 Å². The molecular formula is C13H20N2O2. The molecule has 0 aliphatic carbocycles. The first-order chi connectivity index (χ1) is 7.80. The molecule has 0 saturated heterocycles. The van der Waals surface area contributed by atoms with Gasteiger partial charge in [0.05, 0.1) is 5.56 Å². The van der Waals surface area contributed by atoms with E-state index >= 15 is 0 Å². The first kappa shape index (κ1) is 13.5. The number of carbonyl (C=O) groups is 1. The number of hydrogen-bond donors (Lipinski definition) is 2. The van der Waals surface area contributed by atoms with Crippen LogP contribution in [0.4, 0.5) is 5.82 Å². The molecule has 2 N–H and O–H groups in total. The van der Waals surface area contributed by atoms with Crippen LogP contribution in [0.1, 0.15) is 38.1 Å². The number of nitrogens with one attached hydrogen (secondary N) is 1. The molecule has 1 heterocycles. The molecule has 0 aromatic carbocycles. The summed E-state index contributed by atoms with van der Waals surface area (Å²) in [6.45, 7) is 9.48. The number of nitrogens with zero attached hydrogens (tertiary/aromatic N) is 1. The Morgan fingerprint density at radius 2 is 2.18 bits per heavy atom. The third-order valence-corrected chi connectivity index (χ3v) is 3.07. The maximum Gasteiger partial charge on any atom is 0.335 e. The molecule has 1 aromatic rings. The molecule has 0 radical (unpaired) electrons. The summed E-state index contributed by atoms with van der Waals surface area (Å²) in [6.07, 6.45) is 1.51. The van der Waals surface area contributed by atoms with E-state index in [0.29, 0.717) is 11.7 Å². The highest BCUT2D eigenvalue weighted by atomic mass is 16.4. The third-order valence-electron chi connectivity index (χ3n) is 3.07. The molecule has 17 heavy (non-hydrogen) atoms. The Morgan fingerprint density at radius 1 is 1.53 bits per heavy atom. The lowest BCUT2D eigenvalue weighted by Crippen LogP contribution is -2.25. The molecule has 0 bridgehead atoms. The molecule has 1 atom stereocenters. The number of carboxylic acid groups (broad SMARTS) is 1. The SMILES string of the molecule is CC(CNc1cc(C(=O)O)ccn1)C(C)(C)C. The van der Waals surface area contributed by atoms with Gasteiger partial charge >= 0.3 is 5.97 Å². The predicted molar refractivity (Wildman–Crippen MR) is 68.3 cm³/mol. The van der Waals surface area contributed by atoms with Gasteiger partial charge in [0, 0.05) is 12.7 Å². The summed E-state index contributed by atoms with van der Waals surface area (Å²) in [4.78, 5) is 14.9. The van der Waals surface area contributed by atoms with Crippen molar-refractivity contribution in [2.24, 2.45) is 11.3 Å². The van der Waals surface area contributed by atoms with Gasteiger partial charge in [-0.2, -0.15) is 0 Å². The largest absolute Gasteiger partial charge is 0.478 e. The minimum Gasteiger partial charge on any atom is -0.478 e. The molecule has 94 valence electrons. The van der Waals surface area contributed by atoms with E-state index in [-0.39, 0.29) is 11.0 Å². The summed E-state index contributed by atoms with van der Waals surface area (Å²) in [7, 11) is 0. The molecule has 0 amide bonds. The second-order valence-electron chi connectivity index (χ2n) is 5.38. The molecular weight excluding hydrogens is 216 g/mol. The fourth-order valence-electron chi connectivity index (χ4n) is 1.22. The molecule has 0 aliphatic rings. The lowest BCUT2D eigenvalue weighted by Gasteiger charge is -2.27. The first-order valence-corrected chi connectivity index (χ1v) is 5.74. The van der Waals surface area contributed by atoms with E-state index in [1.807, 2.05) is 0 Å². The number of pyridine rings is 1. The van der Waals surface area contributed by atoms with Crippen LogP contribution < -0.4 is 5.32 Å². The van der Waals surface area contributed by atoms with E-state index in [0.717, 1.165) is 6.54 Å². The molecule has 4 heteroatoms. The molecule has 1 aromatic heterocycles. The van der Waals surface area contributed by atoms with Gasteiger partial charge in [0.2, 0.25) is 0 Å². The Morgan fingerprint density at radius 3 is 2.71 bits per heavy atom. The Labute approximate surface area is 102 Å². The molecule has 0 spiro atoms. The lowest BCUT2D eigenvalue weighted by atomic mass is 9.82. The van der Waals surface area contributed by atoms with Gasteiger partial charge in [0.25, 0.3) is 0 Å². The van der Waals surface area contributed by atoms with Gasteiger partial charge in [-0.15, -0.1) is 0 Å². The van der Waals surface area contributed by atoms with Crippen LogP contribution in [0, 0.1) is 11.3 Å². The first-order valence-electron chi connectivity index (χ1n) is 5.74. The Bertz CT molecular complexity index is 397. The highest BCUT2D eigenvalue weighted by Gasteiger charge is 2.19. The fourth-order valence-corrected chi connectivity index (χ4v) is 1.22. The molecule has 4 nitrogen and oxygen atoms in total. The summed E-state index contributed by atoms with van der Waals surface area (Å²) in [5.41, 5.74) is 0.475. The van der Waals surface area contributed by atoms with E-state index in [4.69, 9.17) is 5.11 Å². The van der Waals surface area contributed by atoms with Gasteiger partial charge in [-0.3, -0.25) is 0 Å². The molecule has 1 rings (SSSR count). The number of carboxylic acids is 1. The molecule has 0 saturated carbocycles. The number of rotatable bonds is 4. The van der Waals surface area contributed by atoms with Crippen molar-refractivity contribution in [1.82, 2.24) is 4.98 Å². The smallest absolute Gasteiger partial charge is 0.335 e. The number of aromatic nitrogens is 1. The highest BCUT2D eigenvalue weighted by Crippen LogP contribution is 2.25. The lowest BCUT2D eigenvalue weighted by molar-refractivity contribution is 0.0697. The van der Waals surface area contributed by atoms with Crippen molar-refractivity contribution in [2.75, 3.05) is 11.9 Å². The summed E-state index contributed by atoms with van der Waals surface area (Å²) in [6, 6.07) is 3.04. The maximum atomic E-state index is 10.8. The van der Waals surface area contributed by atoms with Gasteiger partial charge in [-0.25, -0.2) is 9.78 Å². The summed E-state index contributed by atoms with van der Waals surface area (Å²) >= 11 is 0. The highest BCUT2D eigenvalue weighted by molar-refractivity contribution is 5.88. The van der Waals surface area contributed by atoms with Crippen LogP contribution in [0.5, 0.6) is 0 Å². The maximum absolute atomic E-state index is 10.8. The van der Waals surface area contributed by atoms with Crippen molar-refractivity contribution in [1.29, 1.82) is 0 Å².